The number of hydrogen-bond donors (Lipinski definition) is 1. The molecular weight excluding hydrogens is 401 g/mol. The molecule has 30 heavy (non-hydrogen) atoms. The number of amides is 2. The summed E-state index contributed by atoms with van der Waals surface area (Å²) in [6.07, 6.45) is -2.52. The van der Waals surface area contributed by atoms with Crippen LogP contribution < -0.4 is 5.32 Å². The Balaban J connectivity index is 1.66. The van der Waals surface area contributed by atoms with Crippen molar-refractivity contribution in [2.75, 3.05) is 25.0 Å². The molecule has 1 aliphatic heterocycles. The Kier molecular flexibility index (Phi) is 6.33. The molecule has 0 radical (unpaired) electrons. The number of halogens is 3. The van der Waals surface area contributed by atoms with Crippen molar-refractivity contribution in [3.05, 3.63) is 41.7 Å². The first kappa shape index (κ1) is 21.7. The maximum Gasteiger partial charge on any atom is 0.393 e. The molecule has 2 amide bonds. The van der Waals surface area contributed by atoms with Gasteiger partial charge in [-0.05, 0) is 51.0 Å². The number of piperidine rings is 1. The van der Waals surface area contributed by atoms with Gasteiger partial charge in [0, 0.05) is 18.8 Å². The van der Waals surface area contributed by atoms with E-state index in [0.29, 0.717) is 35.6 Å². The molecule has 0 unspecified atom stereocenters. The molecule has 1 fully saturated rings. The molecule has 1 N–H and O–H groups in total. The Morgan fingerprint density at radius 1 is 1.27 bits per heavy atom. The number of nitrogens with zero attached hydrogens (tertiary/aromatic N) is 3. The van der Waals surface area contributed by atoms with Crippen molar-refractivity contribution in [1.29, 1.82) is 0 Å². The number of carbonyl (C=O) groups excluding carboxylic acids is 2. The number of likely N-dealkylation sites (tertiary alicyclic amines) is 1. The molecule has 0 saturated carbocycles. The molecule has 2 aromatic rings. The Morgan fingerprint density at radius 2 is 1.97 bits per heavy atom. The van der Waals surface area contributed by atoms with Gasteiger partial charge < -0.3 is 15.0 Å². The quantitative estimate of drug-likeness (QED) is 0.748. The van der Waals surface area contributed by atoms with E-state index in [1.54, 1.807) is 42.8 Å². The molecule has 1 aliphatic rings. The van der Waals surface area contributed by atoms with Crippen molar-refractivity contribution in [3.8, 4) is 5.69 Å². The highest BCUT2D eigenvalue weighted by molar-refractivity contribution is 5.91. The third-order valence-electron chi connectivity index (χ3n) is 5.04. The minimum Gasteiger partial charge on any atom is -0.462 e. The number of benzene rings is 1. The molecule has 1 aromatic carbocycles. The predicted molar refractivity (Wildman–Crippen MR) is 104 cm³/mol. The number of ether oxygens (including phenoxy) is 1. The lowest BCUT2D eigenvalue weighted by Crippen LogP contribution is -2.46. The molecule has 10 heteroatoms. The summed E-state index contributed by atoms with van der Waals surface area (Å²) in [4.78, 5) is 25.5. The Hall–Kier alpha value is -3.04. The summed E-state index contributed by atoms with van der Waals surface area (Å²) >= 11 is 0. The summed E-state index contributed by atoms with van der Waals surface area (Å²) in [6.45, 7) is 3.68. The molecule has 0 spiro atoms. The highest BCUT2D eigenvalue weighted by Gasteiger charge is 2.42. The SMILES string of the molecule is CCOC(=O)c1cnn(-c2ccc(NC(=O)N3CCC[C@H](C(F)(F)F)C3)cc2)c1C. The number of carbonyl (C=O) groups is 2. The van der Waals surface area contributed by atoms with Gasteiger partial charge in [-0.15, -0.1) is 0 Å². The van der Waals surface area contributed by atoms with E-state index >= 15 is 0 Å². The molecule has 0 bridgehead atoms. The fraction of sp³-hybridized carbons (Fsp3) is 0.450. The number of alkyl halides is 3. The van der Waals surface area contributed by atoms with Crippen LogP contribution in [0.2, 0.25) is 0 Å². The summed E-state index contributed by atoms with van der Waals surface area (Å²) in [7, 11) is 0. The van der Waals surface area contributed by atoms with Crippen LogP contribution >= 0.6 is 0 Å². The van der Waals surface area contributed by atoms with Gasteiger partial charge in [-0.1, -0.05) is 0 Å². The monoisotopic (exact) mass is 424 g/mol. The first-order chi connectivity index (χ1) is 14.2. The molecule has 1 atom stereocenters. The first-order valence-electron chi connectivity index (χ1n) is 9.65. The lowest BCUT2D eigenvalue weighted by molar-refractivity contribution is -0.183. The van der Waals surface area contributed by atoms with E-state index in [1.165, 1.54) is 11.1 Å². The van der Waals surface area contributed by atoms with Gasteiger partial charge in [0.1, 0.15) is 5.56 Å². The third-order valence-corrected chi connectivity index (χ3v) is 5.04. The molecule has 2 heterocycles. The minimum absolute atomic E-state index is 0.0407. The number of anilines is 1. The number of rotatable bonds is 4. The number of nitrogens with one attached hydrogen (secondary N) is 1. The van der Waals surface area contributed by atoms with E-state index in [-0.39, 0.29) is 19.6 Å². The van der Waals surface area contributed by atoms with Gasteiger partial charge in [-0.3, -0.25) is 0 Å². The van der Waals surface area contributed by atoms with Crippen LogP contribution in [0.1, 0.15) is 35.8 Å². The molecule has 162 valence electrons. The average Bonchev–Trinajstić information content (AvgIpc) is 3.09. The number of urea groups is 1. The highest BCUT2D eigenvalue weighted by atomic mass is 19.4. The second kappa shape index (κ2) is 8.76. The Morgan fingerprint density at radius 3 is 2.60 bits per heavy atom. The van der Waals surface area contributed by atoms with Crippen molar-refractivity contribution in [2.24, 2.45) is 5.92 Å². The van der Waals surface area contributed by atoms with Crippen LogP contribution in [0.15, 0.2) is 30.5 Å². The standard InChI is InChI=1S/C20H23F3N4O3/c1-3-30-18(28)17-11-24-27(13(17)2)16-8-6-15(7-9-16)25-19(29)26-10-4-5-14(12-26)20(21,22)23/h6-9,11,14H,3-5,10,12H2,1-2H3,(H,25,29)/t14-/m0/s1. The fourth-order valence-corrected chi connectivity index (χ4v) is 3.40. The van der Waals surface area contributed by atoms with Gasteiger partial charge >= 0.3 is 18.2 Å². The summed E-state index contributed by atoms with van der Waals surface area (Å²) in [5.41, 5.74) is 2.08. The molecule has 0 aliphatic carbocycles. The van der Waals surface area contributed by atoms with Crippen LogP contribution in [0.3, 0.4) is 0 Å². The molecule has 1 saturated heterocycles. The van der Waals surface area contributed by atoms with E-state index in [0.717, 1.165) is 0 Å². The van der Waals surface area contributed by atoms with Crippen LogP contribution in [0.5, 0.6) is 0 Å². The van der Waals surface area contributed by atoms with Gasteiger partial charge in [0.15, 0.2) is 0 Å². The zero-order chi connectivity index (χ0) is 21.9. The topological polar surface area (TPSA) is 76.5 Å². The summed E-state index contributed by atoms with van der Waals surface area (Å²) < 4.78 is 45.4. The summed E-state index contributed by atoms with van der Waals surface area (Å²) in [5.74, 6) is -1.94. The van der Waals surface area contributed by atoms with E-state index in [4.69, 9.17) is 4.74 Å². The van der Waals surface area contributed by atoms with E-state index < -0.39 is 24.1 Å². The minimum atomic E-state index is -4.30. The molecule has 1 aromatic heterocycles. The largest absolute Gasteiger partial charge is 0.462 e. The summed E-state index contributed by atoms with van der Waals surface area (Å²) in [6, 6.07) is 6.09. The third kappa shape index (κ3) is 4.74. The van der Waals surface area contributed by atoms with E-state index in [2.05, 4.69) is 10.4 Å². The number of aromatic nitrogens is 2. The smallest absolute Gasteiger partial charge is 0.393 e. The van der Waals surface area contributed by atoms with Crippen molar-refractivity contribution < 1.29 is 27.5 Å². The zero-order valence-corrected chi connectivity index (χ0v) is 16.7. The fourth-order valence-electron chi connectivity index (χ4n) is 3.40. The van der Waals surface area contributed by atoms with Gasteiger partial charge in [-0.25, -0.2) is 14.3 Å². The van der Waals surface area contributed by atoms with Gasteiger partial charge in [0.05, 0.1) is 30.1 Å². The number of hydrogen-bond acceptors (Lipinski definition) is 4. The van der Waals surface area contributed by atoms with Crippen molar-refractivity contribution >= 4 is 17.7 Å². The predicted octanol–water partition coefficient (Wildman–Crippen LogP) is 4.16. The lowest BCUT2D eigenvalue weighted by atomic mass is 9.98. The molecular formula is C20H23F3N4O3. The van der Waals surface area contributed by atoms with Crippen LogP contribution in [0.4, 0.5) is 23.7 Å². The van der Waals surface area contributed by atoms with Gasteiger partial charge in [0.25, 0.3) is 0 Å². The average molecular weight is 424 g/mol. The van der Waals surface area contributed by atoms with Gasteiger partial charge in [-0.2, -0.15) is 18.3 Å². The lowest BCUT2D eigenvalue weighted by Gasteiger charge is -2.33. The van der Waals surface area contributed by atoms with Crippen molar-refractivity contribution in [2.45, 2.75) is 32.9 Å². The van der Waals surface area contributed by atoms with Gasteiger partial charge in [0.2, 0.25) is 0 Å². The van der Waals surface area contributed by atoms with Crippen LogP contribution in [0, 0.1) is 12.8 Å². The number of esters is 1. The van der Waals surface area contributed by atoms with E-state index in [9.17, 15) is 22.8 Å². The first-order valence-corrected chi connectivity index (χ1v) is 9.65. The van der Waals surface area contributed by atoms with Crippen LogP contribution in [-0.2, 0) is 4.74 Å². The second-order valence-electron chi connectivity index (χ2n) is 7.08. The Bertz CT molecular complexity index is 909. The highest BCUT2D eigenvalue weighted by Crippen LogP contribution is 2.33. The van der Waals surface area contributed by atoms with Crippen LogP contribution in [-0.4, -0.2) is 52.6 Å². The normalized spacial score (nSPS) is 17.0. The van der Waals surface area contributed by atoms with Crippen molar-refractivity contribution in [1.82, 2.24) is 14.7 Å². The van der Waals surface area contributed by atoms with Crippen molar-refractivity contribution in [3.63, 3.8) is 0 Å². The second-order valence-corrected chi connectivity index (χ2v) is 7.08. The summed E-state index contributed by atoms with van der Waals surface area (Å²) in [5, 5.41) is 6.83. The molecule has 7 nitrogen and oxygen atoms in total. The maximum atomic E-state index is 12.9. The van der Waals surface area contributed by atoms with E-state index in [1.807, 2.05) is 0 Å². The zero-order valence-electron chi connectivity index (χ0n) is 16.7. The maximum absolute atomic E-state index is 12.9. The Labute approximate surface area is 171 Å². The van der Waals surface area contributed by atoms with Crippen LogP contribution in [0.25, 0.3) is 5.69 Å². The molecule has 3 rings (SSSR count).